The molecule has 0 radical (unpaired) electrons. The van der Waals surface area contributed by atoms with Gasteiger partial charge in [0, 0.05) is 12.1 Å². The van der Waals surface area contributed by atoms with E-state index in [1.165, 1.54) is 77.4 Å². The zero-order valence-corrected chi connectivity index (χ0v) is 14.7. The summed E-state index contributed by atoms with van der Waals surface area (Å²) in [5.41, 5.74) is 0. The van der Waals surface area contributed by atoms with E-state index in [0.717, 1.165) is 23.9 Å². The molecule has 21 heavy (non-hydrogen) atoms. The largest absolute Gasteiger partial charge is 0.312 e. The molecule has 0 spiro atoms. The summed E-state index contributed by atoms with van der Waals surface area (Å²) in [4.78, 5) is 2.86. The molecule has 0 bridgehead atoms. The Labute approximate surface area is 133 Å². The Morgan fingerprint density at radius 2 is 1.86 bits per heavy atom. The highest BCUT2D eigenvalue weighted by Crippen LogP contribution is 2.31. The van der Waals surface area contributed by atoms with Crippen molar-refractivity contribution in [1.29, 1.82) is 0 Å². The van der Waals surface area contributed by atoms with Gasteiger partial charge in [0.25, 0.3) is 0 Å². The van der Waals surface area contributed by atoms with Gasteiger partial charge in [-0.05, 0) is 76.4 Å². The van der Waals surface area contributed by atoms with Crippen LogP contribution in [0.1, 0.15) is 78.6 Å². The second-order valence-corrected chi connectivity index (χ2v) is 7.67. The van der Waals surface area contributed by atoms with E-state index in [0.29, 0.717) is 0 Å². The highest BCUT2D eigenvalue weighted by Gasteiger charge is 2.33. The van der Waals surface area contributed by atoms with Crippen LogP contribution >= 0.6 is 0 Å². The van der Waals surface area contributed by atoms with E-state index in [4.69, 9.17) is 0 Å². The van der Waals surface area contributed by atoms with E-state index in [1.807, 2.05) is 0 Å². The molecule has 0 aromatic carbocycles. The Hall–Kier alpha value is -0.0800. The summed E-state index contributed by atoms with van der Waals surface area (Å²) >= 11 is 0. The fourth-order valence-corrected chi connectivity index (χ4v) is 4.54. The molecule has 2 heteroatoms. The molecule has 1 aliphatic carbocycles. The van der Waals surface area contributed by atoms with Gasteiger partial charge >= 0.3 is 0 Å². The maximum absolute atomic E-state index is 3.85. The van der Waals surface area contributed by atoms with E-state index in [-0.39, 0.29) is 0 Å². The lowest BCUT2D eigenvalue weighted by Gasteiger charge is -2.42. The van der Waals surface area contributed by atoms with Crippen LogP contribution < -0.4 is 5.32 Å². The molecule has 1 aliphatic heterocycles. The van der Waals surface area contributed by atoms with Gasteiger partial charge in [-0.15, -0.1) is 0 Å². The fourth-order valence-electron chi connectivity index (χ4n) is 4.54. The van der Waals surface area contributed by atoms with Crippen molar-refractivity contribution >= 4 is 0 Å². The SMILES string of the molecule is CCCNC1CCC(C)CC1N1CCCC(CCC)CC1. The predicted molar refractivity (Wildman–Crippen MR) is 92.7 cm³/mol. The van der Waals surface area contributed by atoms with Crippen molar-refractivity contribution in [1.82, 2.24) is 10.2 Å². The van der Waals surface area contributed by atoms with Crippen LogP contribution in [0, 0.1) is 11.8 Å². The Balaban J connectivity index is 1.92. The maximum atomic E-state index is 3.85. The van der Waals surface area contributed by atoms with Crippen LogP contribution in [0.4, 0.5) is 0 Å². The van der Waals surface area contributed by atoms with Crippen molar-refractivity contribution in [3.05, 3.63) is 0 Å². The predicted octanol–water partition coefficient (Wildman–Crippen LogP) is 4.45. The van der Waals surface area contributed by atoms with Crippen LogP contribution in [0.3, 0.4) is 0 Å². The van der Waals surface area contributed by atoms with Gasteiger partial charge in [0.2, 0.25) is 0 Å². The van der Waals surface area contributed by atoms with Gasteiger partial charge < -0.3 is 5.32 Å². The third kappa shape index (κ3) is 5.25. The summed E-state index contributed by atoms with van der Waals surface area (Å²) in [6, 6.07) is 1.56. The van der Waals surface area contributed by atoms with Crippen LogP contribution in [0.15, 0.2) is 0 Å². The van der Waals surface area contributed by atoms with Crippen molar-refractivity contribution in [2.24, 2.45) is 11.8 Å². The first-order valence-electron chi connectivity index (χ1n) is 9.72. The van der Waals surface area contributed by atoms with Gasteiger partial charge in [0.1, 0.15) is 0 Å². The van der Waals surface area contributed by atoms with Crippen molar-refractivity contribution in [3.63, 3.8) is 0 Å². The average Bonchev–Trinajstić information content (AvgIpc) is 2.72. The quantitative estimate of drug-likeness (QED) is 0.779. The Bertz CT molecular complexity index is 277. The molecule has 4 unspecified atom stereocenters. The second kappa shape index (κ2) is 9.15. The molecular weight excluding hydrogens is 256 g/mol. The highest BCUT2D eigenvalue weighted by atomic mass is 15.2. The summed E-state index contributed by atoms with van der Waals surface area (Å²) in [7, 11) is 0. The van der Waals surface area contributed by atoms with Crippen LogP contribution in [0.25, 0.3) is 0 Å². The van der Waals surface area contributed by atoms with Crippen LogP contribution in [0.5, 0.6) is 0 Å². The third-order valence-corrected chi connectivity index (χ3v) is 5.78. The molecule has 4 atom stereocenters. The van der Waals surface area contributed by atoms with E-state index in [9.17, 15) is 0 Å². The molecule has 0 aromatic heterocycles. The van der Waals surface area contributed by atoms with Crippen LogP contribution in [-0.2, 0) is 0 Å². The lowest BCUT2D eigenvalue weighted by Crippen LogP contribution is -2.53. The van der Waals surface area contributed by atoms with Gasteiger partial charge in [0.05, 0.1) is 0 Å². The third-order valence-electron chi connectivity index (χ3n) is 5.78. The number of nitrogens with one attached hydrogen (secondary N) is 1. The minimum Gasteiger partial charge on any atom is -0.312 e. The molecule has 1 saturated heterocycles. The molecule has 1 heterocycles. The normalized spacial score (nSPS) is 35.6. The van der Waals surface area contributed by atoms with E-state index in [1.54, 1.807) is 0 Å². The summed E-state index contributed by atoms with van der Waals surface area (Å²) in [5.74, 6) is 1.92. The Morgan fingerprint density at radius 1 is 1.00 bits per heavy atom. The zero-order valence-electron chi connectivity index (χ0n) is 14.7. The topological polar surface area (TPSA) is 15.3 Å². The number of likely N-dealkylation sites (tertiary alicyclic amines) is 1. The molecule has 2 aliphatic rings. The number of hydrogen-bond acceptors (Lipinski definition) is 2. The Kier molecular flexibility index (Phi) is 7.53. The number of nitrogens with zero attached hydrogens (tertiary/aromatic N) is 1. The minimum atomic E-state index is 0.754. The molecule has 2 fully saturated rings. The first-order chi connectivity index (χ1) is 10.2. The first-order valence-corrected chi connectivity index (χ1v) is 9.72. The Morgan fingerprint density at radius 3 is 2.62 bits per heavy atom. The average molecular weight is 295 g/mol. The van der Waals surface area contributed by atoms with E-state index in [2.05, 4.69) is 31.0 Å². The second-order valence-electron chi connectivity index (χ2n) is 7.67. The molecule has 1 saturated carbocycles. The van der Waals surface area contributed by atoms with Crippen LogP contribution in [-0.4, -0.2) is 36.6 Å². The summed E-state index contributed by atoms with van der Waals surface area (Å²) in [6.45, 7) is 11.0. The molecule has 1 N–H and O–H groups in total. The van der Waals surface area contributed by atoms with Crippen molar-refractivity contribution in [2.75, 3.05) is 19.6 Å². The lowest BCUT2D eigenvalue weighted by atomic mass is 9.82. The summed E-state index contributed by atoms with van der Waals surface area (Å²) < 4.78 is 0. The molecule has 0 amide bonds. The van der Waals surface area contributed by atoms with E-state index < -0.39 is 0 Å². The molecule has 0 aromatic rings. The molecular formula is C19H38N2. The maximum Gasteiger partial charge on any atom is 0.0251 e. The standard InChI is InChI=1S/C19H38N2/c1-4-7-17-8-6-13-21(14-11-17)19-15-16(3)9-10-18(19)20-12-5-2/h16-20H,4-15H2,1-3H3. The van der Waals surface area contributed by atoms with Gasteiger partial charge in [-0.25, -0.2) is 0 Å². The van der Waals surface area contributed by atoms with Crippen molar-refractivity contribution in [2.45, 2.75) is 90.6 Å². The summed E-state index contributed by atoms with van der Waals surface area (Å²) in [6.07, 6.45) is 12.6. The molecule has 2 rings (SSSR count). The lowest BCUT2D eigenvalue weighted by molar-refractivity contribution is 0.103. The monoisotopic (exact) mass is 294 g/mol. The van der Waals surface area contributed by atoms with Crippen molar-refractivity contribution < 1.29 is 0 Å². The zero-order chi connectivity index (χ0) is 15.1. The van der Waals surface area contributed by atoms with Crippen molar-refractivity contribution in [3.8, 4) is 0 Å². The number of hydrogen-bond donors (Lipinski definition) is 1. The molecule has 124 valence electrons. The van der Waals surface area contributed by atoms with Crippen LogP contribution in [0.2, 0.25) is 0 Å². The minimum absolute atomic E-state index is 0.754. The van der Waals surface area contributed by atoms with E-state index >= 15 is 0 Å². The smallest absolute Gasteiger partial charge is 0.0251 e. The van der Waals surface area contributed by atoms with Gasteiger partial charge in [-0.2, -0.15) is 0 Å². The van der Waals surface area contributed by atoms with Gasteiger partial charge in [-0.1, -0.05) is 33.6 Å². The van der Waals surface area contributed by atoms with Gasteiger partial charge in [-0.3, -0.25) is 4.90 Å². The fraction of sp³-hybridized carbons (Fsp3) is 1.00. The molecule has 2 nitrogen and oxygen atoms in total. The van der Waals surface area contributed by atoms with Gasteiger partial charge in [0.15, 0.2) is 0 Å². The number of rotatable bonds is 6. The summed E-state index contributed by atoms with van der Waals surface area (Å²) in [5, 5.41) is 3.85. The highest BCUT2D eigenvalue weighted by molar-refractivity contribution is 4.91. The first kappa shape index (κ1) is 17.3.